The van der Waals surface area contributed by atoms with Crippen LogP contribution in [0.2, 0.25) is 0 Å². The van der Waals surface area contributed by atoms with Crippen molar-refractivity contribution in [2.24, 2.45) is 0 Å². The molecule has 4 rings (SSSR count). The van der Waals surface area contributed by atoms with Gasteiger partial charge >= 0.3 is 0 Å². The maximum atomic E-state index is 12.7. The van der Waals surface area contributed by atoms with Crippen LogP contribution in [-0.2, 0) is 9.53 Å². The van der Waals surface area contributed by atoms with Gasteiger partial charge in [0.25, 0.3) is 5.22 Å². The maximum Gasteiger partial charge on any atom is 0.257 e. The van der Waals surface area contributed by atoms with Crippen LogP contribution in [0.25, 0.3) is 11.1 Å². The lowest BCUT2D eigenvalue weighted by molar-refractivity contribution is -0.119. The van der Waals surface area contributed by atoms with E-state index in [1.807, 2.05) is 24.3 Å². The van der Waals surface area contributed by atoms with Gasteiger partial charge in [0.2, 0.25) is 5.91 Å². The van der Waals surface area contributed by atoms with Crippen molar-refractivity contribution >= 4 is 28.8 Å². The molecule has 1 saturated heterocycles. The van der Waals surface area contributed by atoms with E-state index in [0.29, 0.717) is 5.22 Å². The number of aromatic nitrogens is 1. The second-order valence-electron chi connectivity index (χ2n) is 7.18. The molecule has 0 radical (unpaired) electrons. The fraction of sp³-hybridized carbons (Fsp3) is 0.364. The van der Waals surface area contributed by atoms with Crippen molar-refractivity contribution in [3.8, 4) is 0 Å². The molecule has 7 heteroatoms. The lowest BCUT2D eigenvalue weighted by atomic mass is 10.0. The first kappa shape index (κ1) is 19.9. The molecule has 2 aromatic carbocycles. The molecule has 1 fully saturated rings. The number of benzene rings is 2. The number of carbonyl (C=O) groups is 1. The Hall–Kier alpha value is -2.35. The van der Waals surface area contributed by atoms with Gasteiger partial charge in [-0.2, -0.15) is 0 Å². The van der Waals surface area contributed by atoms with Crippen molar-refractivity contribution < 1.29 is 13.9 Å². The average molecular weight is 412 g/mol. The third kappa shape index (κ3) is 5.38. The van der Waals surface area contributed by atoms with Gasteiger partial charge < -0.3 is 14.5 Å². The average Bonchev–Trinajstić information content (AvgIpc) is 3.16. The zero-order chi connectivity index (χ0) is 20.1. The van der Waals surface area contributed by atoms with Gasteiger partial charge in [-0.15, -0.1) is 0 Å². The highest BCUT2D eigenvalue weighted by atomic mass is 32.2. The first-order valence-electron chi connectivity index (χ1n) is 9.82. The van der Waals surface area contributed by atoms with Crippen LogP contribution in [0.1, 0.15) is 17.2 Å². The highest BCUT2D eigenvalue weighted by Crippen LogP contribution is 2.23. The number of carbonyl (C=O) groups excluding carboxylic acids is 1. The summed E-state index contributed by atoms with van der Waals surface area (Å²) in [7, 11) is 0. The predicted octanol–water partition coefficient (Wildman–Crippen LogP) is 3.42. The van der Waals surface area contributed by atoms with Gasteiger partial charge in [-0.05, 0) is 24.6 Å². The molecule has 1 atom stereocenters. The number of hydrogen-bond acceptors (Lipinski definition) is 6. The zero-order valence-corrected chi connectivity index (χ0v) is 17.3. The van der Waals surface area contributed by atoms with E-state index in [9.17, 15) is 4.79 Å². The largest absolute Gasteiger partial charge is 0.431 e. The highest BCUT2D eigenvalue weighted by molar-refractivity contribution is 7.99. The molecule has 0 saturated carbocycles. The Kier molecular flexibility index (Phi) is 6.49. The Morgan fingerprint density at radius 3 is 2.69 bits per heavy atom. The van der Waals surface area contributed by atoms with Crippen molar-refractivity contribution in [1.82, 2.24) is 15.2 Å². The molecule has 2 heterocycles. The second-order valence-corrected chi connectivity index (χ2v) is 8.11. The molecule has 0 spiro atoms. The van der Waals surface area contributed by atoms with Gasteiger partial charge in [0.05, 0.1) is 25.0 Å². The lowest BCUT2D eigenvalue weighted by Gasteiger charge is -2.31. The highest BCUT2D eigenvalue weighted by Gasteiger charge is 2.20. The molecule has 0 aliphatic carbocycles. The third-order valence-corrected chi connectivity index (χ3v) is 5.79. The number of hydrogen-bond donors (Lipinski definition) is 1. The number of oxazole rings is 1. The summed E-state index contributed by atoms with van der Waals surface area (Å²) in [5.41, 5.74) is 3.86. The van der Waals surface area contributed by atoms with Crippen LogP contribution in [0.3, 0.4) is 0 Å². The minimum atomic E-state index is -0.0644. The summed E-state index contributed by atoms with van der Waals surface area (Å²) in [5, 5.41) is 3.71. The minimum Gasteiger partial charge on any atom is -0.431 e. The van der Waals surface area contributed by atoms with Crippen LogP contribution < -0.4 is 5.32 Å². The van der Waals surface area contributed by atoms with Crippen molar-refractivity contribution in [3.63, 3.8) is 0 Å². The molecule has 0 unspecified atom stereocenters. The van der Waals surface area contributed by atoms with Crippen LogP contribution >= 0.6 is 11.8 Å². The van der Waals surface area contributed by atoms with E-state index in [1.165, 1.54) is 17.3 Å². The van der Waals surface area contributed by atoms with Gasteiger partial charge in [0.15, 0.2) is 5.58 Å². The summed E-state index contributed by atoms with van der Waals surface area (Å²) in [6.45, 7) is 6.08. The quantitative estimate of drug-likeness (QED) is 0.601. The van der Waals surface area contributed by atoms with Crippen molar-refractivity contribution in [2.75, 3.05) is 38.6 Å². The zero-order valence-electron chi connectivity index (χ0n) is 16.5. The van der Waals surface area contributed by atoms with Crippen molar-refractivity contribution in [3.05, 3.63) is 59.7 Å². The van der Waals surface area contributed by atoms with E-state index in [4.69, 9.17) is 9.15 Å². The molecule has 29 heavy (non-hydrogen) atoms. The smallest absolute Gasteiger partial charge is 0.257 e. The number of aryl methyl sites for hydroxylation is 1. The minimum absolute atomic E-state index is 0.0314. The Labute approximate surface area is 174 Å². The summed E-state index contributed by atoms with van der Waals surface area (Å²) in [5.74, 6) is 0.231. The summed E-state index contributed by atoms with van der Waals surface area (Å²) in [4.78, 5) is 19.4. The summed E-state index contributed by atoms with van der Waals surface area (Å²) in [6, 6.07) is 15.9. The Morgan fingerprint density at radius 2 is 1.93 bits per heavy atom. The number of thioether (sulfide) groups is 1. The number of morpholine rings is 1. The van der Waals surface area contributed by atoms with Gasteiger partial charge in [-0.1, -0.05) is 53.7 Å². The van der Waals surface area contributed by atoms with Crippen molar-refractivity contribution in [1.29, 1.82) is 0 Å². The van der Waals surface area contributed by atoms with Crippen molar-refractivity contribution in [2.45, 2.75) is 18.2 Å². The first-order valence-corrected chi connectivity index (χ1v) is 10.8. The lowest BCUT2D eigenvalue weighted by Crippen LogP contribution is -2.43. The molecular weight excluding hydrogens is 386 g/mol. The van der Waals surface area contributed by atoms with Gasteiger partial charge in [-0.25, -0.2) is 4.98 Å². The molecule has 3 aromatic rings. The fourth-order valence-corrected chi connectivity index (χ4v) is 4.00. The molecule has 0 bridgehead atoms. The molecule has 152 valence electrons. The SMILES string of the molecule is Cc1ccc([C@@H](CN2CCOCC2)NC(=O)CSc2nc3ccccc3o2)cc1. The summed E-state index contributed by atoms with van der Waals surface area (Å²) >= 11 is 1.32. The van der Waals surface area contributed by atoms with Gasteiger partial charge in [-0.3, -0.25) is 9.69 Å². The monoisotopic (exact) mass is 411 g/mol. The number of fused-ring (bicyclic) bond motifs is 1. The number of rotatable bonds is 7. The molecule has 6 nitrogen and oxygen atoms in total. The van der Waals surface area contributed by atoms with E-state index >= 15 is 0 Å². The third-order valence-electron chi connectivity index (χ3n) is 4.96. The summed E-state index contributed by atoms with van der Waals surface area (Å²) in [6.07, 6.45) is 0. The molecule has 1 N–H and O–H groups in total. The number of para-hydroxylation sites is 2. The molecule has 1 aliphatic heterocycles. The van der Waals surface area contributed by atoms with Gasteiger partial charge in [0, 0.05) is 19.6 Å². The van der Waals surface area contributed by atoms with E-state index in [-0.39, 0.29) is 17.7 Å². The first-order chi connectivity index (χ1) is 14.2. The Bertz CT molecular complexity index is 918. The fourth-order valence-electron chi connectivity index (χ4n) is 3.35. The number of nitrogens with one attached hydrogen (secondary N) is 1. The van der Waals surface area contributed by atoms with Crippen LogP contribution in [-0.4, -0.2) is 54.4 Å². The van der Waals surface area contributed by atoms with Crippen LogP contribution in [0.4, 0.5) is 0 Å². The second kappa shape index (κ2) is 9.43. The maximum absolute atomic E-state index is 12.7. The standard InChI is InChI=1S/C22H25N3O3S/c1-16-6-8-17(9-7-16)19(14-25-10-12-27-13-11-25)23-21(26)15-29-22-24-18-4-2-3-5-20(18)28-22/h2-9,19H,10-15H2,1H3,(H,23,26)/t19-/m1/s1. The van der Waals surface area contributed by atoms with Crippen LogP contribution in [0.15, 0.2) is 58.2 Å². The molecule has 1 amide bonds. The van der Waals surface area contributed by atoms with Gasteiger partial charge in [0.1, 0.15) is 5.52 Å². The summed E-state index contributed by atoms with van der Waals surface area (Å²) < 4.78 is 11.1. The van der Waals surface area contributed by atoms with E-state index in [1.54, 1.807) is 0 Å². The molecule has 1 aromatic heterocycles. The number of nitrogens with zero attached hydrogens (tertiary/aromatic N) is 2. The van der Waals surface area contributed by atoms with E-state index in [2.05, 4.69) is 46.4 Å². The Morgan fingerprint density at radius 1 is 1.17 bits per heavy atom. The number of amides is 1. The normalized spacial score (nSPS) is 16.0. The molecule has 1 aliphatic rings. The number of ether oxygens (including phenoxy) is 1. The van der Waals surface area contributed by atoms with E-state index < -0.39 is 0 Å². The van der Waals surface area contributed by atoms with Crippen LogP contribution in [0.5, 0.6) is 0 Å². The van der Waals surface area contributed by atoms with Crippen LogP contribution in [0, 0.1) is 6.92 Å². The van der Waals surface area contributed by atoms with E-state index in [0.717, 1.165) is 49.5 Å². The Balaban J connectivity index is 1.39. The topological polar surface area (TPSA) is 67.6 Å². The molecular formula is C22H25N3O3S. The predicted molar refractivity (Wildman–Crippen MR) is 114 cm³/mol.